The van der Waals surface area contributed by atoms with Crippen molar-refractivity contribution in [3.05, 3.63) is 0 Å². The minimum atomic E-state index is -1.15. The Morgan fingerprint density at radius 3 is 1.88 bits per heavy atom. The van der Waals surface area contributed by atoms with E-state index in [1.807, 2.05) is 34.6 Å². The van der Waals surface area contributed by atoms with Crippen LogP contribution >= 0.6 is 0 Å². The largest absolute Gasteiger partial charge is 0.390 e. The normalized spacial score (nSPS) is 30.0. The van der Waals surface area contributed by atoms with Crippen molar-refractivity contribution in [2.45, 2.75) is 76.7 Å². The molecule has 0 spiro atoms. The van der Waals surface area contributed by atoms with E-state index < -0.39 is 22.8 Å². The highest BCUT2D eigenvalue weighted by molar-refractivity contribution is 5.05. The number of rotatable bonds is 2. The molecule has 0 amide bonds. The molecule has 4 heteroatoms. The van der Waals surface area contributed by atoms with E-state index in [9.17, 15) is 15.4 Å². The van der Waals surface area contributed by atoms with Crippen LogP contribution in [0.25, 0.3) is 0 Å². The third kappa shape index (κ3) is 2.25. The first-order chi connectivity index (χ1) is 7.05. The molecule has 0 aromatic rings. The number of nitrogens with zero attached hydrogens (tertiary/aromatic N) is 1. The molecule has 1 aliphatic heterocycles. The van der Waals surface area contributed by atoms with Gasteiger partial charge in [0.1, 0.15) is 0 Å². The summed E-state index contributed by atoms with van der Waals surface area (Å²) in [5.74, 6) is 0. The van der Waals surface area contributed by atoms with Crippen LogP contribution in [0.1, 0.15) is 53.9 Å². The Balaban J connectivity index is 3.03. The molecule has 1 aliphatic rings. The van der Waals surface area contributed by atoms with Gasteiger partial charge in [-0.05, 0) is 47.0 Å². The molecule has 0 aromatic carbocycles. The minimum Gasteiger partial charge on any atom is -0.390 e. The lowest BCUT2D eigenvalue weighted by Gasteiger charge is -2.54. The van der Waals surface area contributed by atoms with Crippen LogP contribution in [0.2, 0.25) is 0 Å². The molecular weight excluding hydrogens is 206 g/mol. The molecule has 1 heterocycles. The van der Waals surface area contributed by atoms with E-state index >= 15 is 0 Å². The van der Waals surface area contributed by atoms with Gasteiger partial charge in [0, 0.05) is 11.1 Å². The summed E-state index contributed by atoms with van der Waals surface area (Å²) in [6.45, 7) is 9.09. The van der Waals surface area contributed by atoms with Crippen LogP contribution in [-0.4, -0.2) is 38.1 Å². The molecule has 1 rings (SSSR count). The molecule has 0 aliphatic carbocycles. The van der Waals surface area contributed by atoms with Crippen LogP contribution in [0.3, 0.4) is 0 Å². The molecule has 16 heavy (non-hydrogen) atoms. The third-order valence-electron chi connectivity index (χ3n) is 3.58. The summed E-state index contributed by atoms with van der Waals surface area (Å²) in [5.41, 5.74) is -2.44. The van der Waals surface area contributed by atoms with Crippen molar-refractivity contribution in [3.63, 3.8) is 0 Å². The zero-order valence-corrected chi connectivity index (χ0v) is 10.9. The van der Waals surface area contributed by atoms with Crippen molar-refractivity contribution in [1.29, 1.82) is 0 Å². The number of hydroxylamine groups is 2. The van der Waals surface area contributed by atoms with Crippen LogP contribution in [-0.2, 0) is 5.21 Å². The Morgan fingerprint density at radius 2 is 1.56 bits per heavy atom. The van der Waals surface area contributed by atoms with Gasteiger partial charge in [0.2, 0.25) is 0 Å². The van der Waals surface area contributed by atoms with E-state index in [0.29, 0.717) is 19.3 Å². The highest BCUT2D eigenvalue weighted by atomic mass is 16.5. The maximum absolute atomic E-state index is 12.1. The van der Waals surface area contributed by atoms with Gasteiger partial charge in [-0.1, -0.05) is 6.92 Å². The standard InChI is InChI=1S/C12H24NO3/c1-6-9(14)12(15)7-10(2,3)13(16)11(4,5)8-12/h9,14-15H,6-8H2,1-5H3. The SMILES string of the molecule is CCC(O)C1(O)CC(C)(C)N([O])C(C)(C)C1. The van der Waals surface area contributed by atoms with Crippen molar-refractivity contribution >= 4 is 0 Å². The Hall–Kier alpha value is -0.160. The van der Waals surface area contributed by atoms with E-state index in [1.54, 1.807) is 0 Å². The predicted octanol–water partition coefficient (Wildman–Crippen LogP) is 1.49. The van der Waals surface area contributed by atoms with Gasteiger partial charge in [-0.2, -0.15) is 0 Å². The lowest BCUT2D eigenvalue weighted by Crippen LogP contribution is -2.66. The smallest absolute Gasteiger partial charge is 0.0941 e. The van der Waals surface area contributed by atoms with Crippen molar-refractivity contribution in [1.82, 2.24) is 5.06 Å². The zero-order chi connectivity index (χ0) is 12.8. The Labute approximate surface area is 97.8 Å². The van der Waals surface area contributed by atoms with Gasteiger partial charge in [-0.3, -0.25) is 0 Å². The van der Waals surface area contributed by atoms with Crippen LogP contribution in [0, 0.1) is 0 Å². The second-order valence-corrected chi connectivity index (χ2v) is 6.30. The van der Waals surface area contributed by atoms with Crippen molar-refractivity contribution < 1.29 is 15.4 Å². The van der Waals surface area contributed by atoms with Gasteiger partial charge in [-0.25, -0.2) is 0 Å². The molecule has 0 bridgehead atoms. The quantitative estimate of drug-likeness (QED) is 0.755. The van der Waals surface area contributed by atoms with E-state index in [0.717, 1.165) is 5.06 Å². The predicted molar refractivity (Wildman–Crippen MR) is 61.2 cm³/mol. The van der Waals surface area contributed by atoms with Gasteiger partial charge in [0.05, 0.1) is 11.7 Å². The fraction of sp³-hybridized carbons (Fsp3) is 1.00. The average Bonchev–Trinajstić information content (AvgIpc) is 2.11. The van der Waals surface area contributed by atoms with E-state index in [-0.39, 0.29) is 0 Å². The van der Waals surface area contributed by atoms with E-state index in [1.165, 1.54) is 0 Å². The first kappa shape index (κ1) is 13.9. The second kappa shape index (κ2) is 3.95. The molecule has 1 atom stereocenters. The minimum absolute atomic E-state index is 0.307. The summed E-state index contributed by atoms with van der Waals surface area (Å²) in [6.07, 6.45) is 0.352. The molecule has 0 saturated carbocycles. The molecule has 1 saturated heterocycles. The zero-order valence-electron chi connectivity index (χ0n) is 10.9. The van der Waals surface area contributed by atoms with Gasteiger partial charge in [0.25, 0.3) is 0 Å². The molecule has 2 N–H and O–H groups in total. The molecule has 1 fully saturated rings. The third-order valence-corrected chi connectivity index (χ3v) is 3.58. The number of aliphatic hydroxyl groups is 2. The summed E-state index contributed by atoms with van der Waals surface area (Å²) < 4.78 is 0. The van der Waals surface area contributed by atoms with Crippen molar-refractivity contribution in [2.24, 2.45) is 0 Å². The van der Waals surface area contributed by atoms with Crippen LogP contribution in [0.15, 0.2) is 0 Å². The Bertz CT molecular complexity index is 245. The molecule has 4 nitrogen and oxygen atoms in total. The van der Waals surface area contributed by atoms with Crippen LogP contribution in [0.5, 0.6) is 0 Å². The lowest BCUT2D eigenvalue weighted by atomic mass is 9.69. The highest BCUT2D eigenvalue weighted by Crippen LogP contribution is 2.44. The number of aliphatic hydroxyl groups excluding tert-OH is 1. The van der Waals surface area contributed by atoms with Gasteiger partial charge in [-0.15, -0.1) is 10.3 Å². The second-order valence-electron chi connectivity index (χ2n) is 6.30. The fourth-order valence-corrected chi connectivity index (χ4v) is 3.14. The highest BCUT2D eigenvalue weighted by Gasteiger charge is 2.54. The fourth-order valence-electron chi connectivity index (χ4n) is 3.14. The van der Waals surface area contributed by atoms with Crippen molar-refractivity contribution in [2.75, 3.05) is 0 Å². The van der Waals surface area contributed by atoms with Crippen LogP contribution in [0.4, 0.5) is 0 Å². The molecule has 95 valence electrons. The monoisotopic (exact) mass is 230 g/mol. The summed E-state index contributed by atoms with van der Waals surface area (Å²) in [6, 6.07) is 0. The first-order valence-corrected chi connectivity index (χ1v) is 5.93. The molecule has 0 aromatic heterocycles. The summed E-state index contributed by atoms with van der Waals surface area (Å²) in [5, 5.41) is 33.6. The van der Waals surface area contributed by atoms with Gasteiger partial charge >= 0.3 is 0 Å². The summed E-state index contributed by atoms with van der Waals surface area (Å²) in [4.78, 5) is 0. The molecule has 1 radical (unpaired) electrons. The van der Waals surface area contributed by atoms with E-state index in [4.69, 9.17) is 0 Å². The number of piperidine rings is 1. The Morgan fingerprint density at radius 1 is 1.19 bits per heavy atom. The summed E-state index contributed by atoms with van der Waals surface area (Å²) in [7, 11) is 0. The average molecular weight is 230 g/mol. The lowest BCUT2D eigenvalue weighted by molar-refractivity contribution is -0.320. The van der Waals surface area contributed by atoms with Crippen molar-refractivity contribution in [3.8, 4) is 0 Å². The maximum atomic E-state index is 12.1. The molecular formula is C12H24NO3. The summed E-state index contributed by atoms with van der Waals surface area (Å²) >= 11 is 0. The first-order valence-electron chi connectivity index (χ1n) is 5.93. The van der Waals surface area contributed by atoms with Crippen LogP contribution < -0.4 is 0 Å². The number of hydrogen-bond acceptors (Lipinski definition) is 3. The van der Waals surface area contributed by atoms with Gasteiger partial charge < -0.3 is 10.2 Å². The van der Waals surface area contributed by atoms with Gasteiger partial charge in [0.15, 0.2) is 0 Å². The molecule has 1 unspecified atom stereocenters. The maximum Gasteiger partial charge on any atom is 0.0941 e. The number of hydrogen-bond donors (Lipinski definition) is 2. The Kier molecular flexibility index (Phi) is 3.43. The van der Waals surface area contributed by atoms with E-state index in [2.05, 4.69) is 0 Å². The topological polar surface area (TPSA) is 63.6 Å².